The van der Waals surface area contributed by atoms with Gasteiger partial charge in [0.05, 0.1) is 11.9 Å². The molecule has 4 nitrogen and oxygen atoms in total. The minimum Gasteiger partial charge on any atom is -0.360 e. The summed E-state index contributed by atoms with van der Waals surface area (Å²) in [6, 6.07) is 10.2. The molecule has 1 N–H and O–H groups in total. The maximum absolute atomic E-state index is 4.58. The molecule has 0 radical (unpaired) electrons. The lowest BCUT2D eigenvalue weighted by atomic mass is 10.2. The zero-order chi connectivity index (χ0) is 13.2. The standard InChI is InChI=1S/C14H16N4S/c1-10(2)8-15-13-17-18-12(9-16-14(18)19-13)11-6-4-3-5-7-11/h3-7,9-10H,8H2,1-2H3,(H,15,17). The van der Waals surface area contributed by atoms with Crippen molar-refractivity contribution in [3.63, 3.8) is 0 Å². The molecule has 2 heterocycles. The van der Waals surface area contributed by atoms with Crippen LogP contribution in [0.1, 0.15) is 13.8 Å². The first-order chi connectivity index (χ1) is 9.24. The van der Waals surface area contributed by atoms with Gasteiger partial charge in [0.15, 0.2) is 0 Å². The maximum atomic E-state index is 4.58. The predicted molar refractivity (Wildman–Crippen MR) is 79.6 cm³/mol. The van der Waals surface area contributed by atoms with E-state index in [4.69, 9.17) is 0 Å². The average Bonchev–Trinajstić information content (AvgIpc) is 2.96. The third-order valence-electron chi connectivity index (χ3n) is 2.82. The van der Waals surface area contributed by atoms with Crippen molar-refractivity contribution >= 4 is 21.4 Å². The number of nitrogens with zero attached hydrogens (tertiary/aromatic N) is 3. The molecule has 0 spiro atoms. The van der Waals surface area contributed by atoms with E-state index in [9.17, 15) is 0 Å². The number of aromatic nitrogens is 3. The molecule has 0 amide bonds. The van der Waals surface area contributed by atoms with Crippen molar-refractivity contribution in [3.8, 4) is 11.3 Å². The highest BCUT2D eigenvalue weighted by molar-refractivity contribution is 7.20. The molecule has 0 aliphatic heterocycles. The normalized spacial score (nSPS) is 11.3. The molecular weight excluding hydrogens is 256 g/mol. The van der Waals surface area contributed by atoms with Gasteiger partial charge in [0.25, 0.3) is 0 Å². The Morgan fingerprint density at radius 3 is 2.79 bits per heavy atom. The predicted octanol–water partition coefficient (Wildman–Crippen LogP) is 3.53. The van der Waals surface area contributed by atoms with Gasteiger partial charge in [0.2, 0.25) is 10.1 Å². The highest BCUT2D eigenvalue weighted by atomic mass is 32.1. The van der Waals surface area contributed by atoms with Gasteiger partial charge in [0, 0.05) is 12.1 Å². The molecule has 2 aromatic heterocycles. The molecule has 98 valence electrons. The van der Waals surface area contributed by atoms with E-state index in [1.807, 2.05) is 28.9 Å². The van der Waals surface area contributed by atoms with Crippen LogP contribution in [0.5, 0.6) is 0 Å². The smallest absolute Gasteiger partial charge is 0.214 e. The van der Waals surface area contributed by atoms with E-state index in [2.05, 4.69) is 41.4 Å². The average molecular weight is 272 g/mol. The first kappa shape index (κ1) is 12.2. The van der Waals surface area contributed by atoms with E-state index >= 15 is 0 Å². The zero-order valence-electron chi connectivity index (χ0n) is 11.0. The molecule has 0 aliphatic carbocycles. The van der Waals surface area contributed by atoms with Crippen LogP contribution in [0.4, 0.5) is 5.13 Å². The monoisotopic (exact) mass is 272 g/mol. The summed E-state index contributed by atoms with van der Waals surface area (Å²) in [6.45, 7) is 5.29. The SMILES string of the molecule is CC(C)CNc1nn2c(-c3ccccc3)cnc2s1. The van der Waals surface area contributed by atoms with Crippen LogP contribution in [0.2, 0.25) is 0 Å². The fourth-order valence-electron chi connectivity index (χ4n) is 1.86. The van der Waals surface area contributed by atoms with Crippen LogP contribution in [0.15, 0.2) is 36.5 Å². The van der Waals surface area contributed by atoms with E-state index in [1.54, 1.807) is 11.3 Å². The molecule has 0 fully saturated rings. The Bertz CT molecular complexity index is 669. The van der Waals surface area contributed by atoms with Gasteiger partial charge in [-0.1, -0.05) is 55.5 Å². The largest absolute Gasteiger partial charge is 0.360 e. The summed E-state index contributed by atoms with van der Waals surface area (Å²) >= 11 is 1.58. The molecule has 0 bridgehead atoms. The fraction of sp³-hybridized carbons (Fsp3) is 0.286. The summed E-state index contributed by atoms with van der Waals surface area (Å²) in [5.41, 5.74) is 2.17. The molecular formula is C14H16N4S. The van der Waals surface area contributed by atoms with Gasteiger partial charge in [-0.25, -0.2) is 9.50 Å². The Morgan fingerprint density at radius 1 is 1.26 bits per heavy atom. The van der Waals surface area contributed by atoms with Crippen LogP contribution in [-0.4, -0.2) is 21.1 Å². The van der Waals surface area contributed by atoms with Crippen LogP contribution < -0.4 is 5.32 Å². The number of rotatable bonds is 4. The van der Waals surface area contributed by atoms with E-state index in [-0.39, 0.29) is 0 Å². The minimum absolute atomic E-state index is 0.602. The number of benzene rings is 1. The van der Waals surface area contributed by atoms with Crippen LogP contribution >= 0.6 is 11.3 Å². The number of hydrogen-bond donors (Lipinski definition) is 1. The summed E-state index contributed by atoms with van der Waals surface area (Å²) in [6.07, 6.45) is 1.88. The van der Waals surface area contributed by atoms with Gasteiger partial charge < -0.3 is 5.32 Å². The fourth-order valence-corrected chi connectivity index (χ4v) is 2.64. The summed E-state index contributed by atoms with van der Waals surface area (Å²) in [4.78, 5) is 5.34. The van der Waals surface area contributed by atoms with Gasteiger partial charge in [0.1, 0.15) is 0 Å². The van der Waals surface area contributed by atoms with E-state index < -0.39 is 0 Å². The van der Waals surface area contributed by atoms with Crippen molar-refractivity contribution in [2.75, 3.05) is 11.9 Å². The summed E-state index contributed by atoms with van der Waals surface area (Å²) in [7, 11) is 0. The maximum Gasteiger partial charge on any atom is 0.214 e. The Hall–Kier alpha value is -1.88. The summed E-state index contributed by atoms with van der Waals surface area (Å²) < 4.78 is 1.91. The summed E-state index contributed by atoms with van der Waals surface area (Å²) in [5, 5.41) is 8.85. The number of fused-ring (bicyclic) bond motifs is 1. The first-order valence-electron chi connectivity index (χ1n) is 6.38. The van der Waals surface area contributed by atoms with Crippen molar-refractivity contribution in [2.45, 2.75) is 13.8 Å². The molecule has 3 rings (SSSR count). The van der Waals surface area contributed by atoms with E-state index in [1.165, 1.54) is 0 Å². The molecule has 5 heteroatoms. The van der Waals surface area contributed by atoms with Crippen LogP contribution in [0.3, 0.4) is 0 Å². The van der Waals surface area contributed by atoms with Crippen LogP contribution in [0, 0.1) is 5.92 Å². The van der Waals surface area contributed by atoms with Gasteiger partial charge in [-0.15, -0.1) is 5.10 Å². The molecule has 0 saturated carbocycles. The molecule has 1 aromatic carbocycles. The van der Waals surface area contributed by atoms with E-state index in [0.29, 0.717) is 5.92 Å². The molecule has 0 saturated heterocycles. The van der Waals surface area contributed by atoms with Crippen molar-refractivity contribution in [3.05, 3.63) is 36.5 Å². The second kappa shape index (κ2) is 5.01. The Morgan fingerprint density at radius 2 is 2.05 bits per heavy atom. The van der Waals surface area contributed by atoms with Gasteiger partial charge >= 0.3 is 0 Å². The quantitative estimate of drug-likeness (QED) is 0.790. The Kier molecular flexibility index (Phi) is 3.21. The van der Waals surface area contributed by atoms with Gasteiger partial charge in [-0.3, -0.25) is 0 Å². The summed E-state index contributed by atoms with van der Waals surface area (Å²) in [5.74, 6) is 0.602. The Balaban J connectivity index is 1.94. The minimum atomic E-state index is 0.602. The third-order valence-corrected chi connectivity index (χ3v) is 3.70. The van der Waals surface area contributed by atoms with Crippen LogP contribution in [0.25, 0.3) is 16.2 Å². The van der Waals surface area contributed by atoms with Crippen molar-refractivity contribution in [2.24, 2.45) is 5.92 Å². The molecule has 0 aliphatic rings. The lowest BCUT2D eigenvalue weighted by Gasteiger charge is -2.04. The Labute approximate surface area is 116 Å². The number of nitrogens with one attached hydrogen (secondary N) is 1. The second-order valence-corrected chi connectivity index (χ2v) is 5.84. The highest BCUT2D eigenvalue weighted by Crippen LogP contribution is 2.25. The lowest BCUT2D eigenvalue weighted by molar-refractivity contribution is 0.687. The van der Waals surface area contributed by atoms with Crippen LogP contribution in [-0.2, 0) is 0 Å². The number of anilines is 1. The van der Waals surface area contributed by atoms with Gasteiger partial charge in [-0.2, -0.15) is 0 Å². The number of imidazole rings is 1. The zero-order valence-corrected chi connectivity index (χ0v) is 11.8. The third kappa shape index (κ3) is 2.46. The van der Waals surface area contributed by atoms with Crippen molar-refractivity contribution in [1.29, 1.82) is 0 Å². The molecule has 0 unspecified atom stereocenters. The van der Waals surface area contributed by atoms with Gasteiger partial charge in [-0.05, 0) is 5.92 Å². The number of hydrogen-bond acceptors (Lipinski definition) is 4. The first-order valence-corrected chi connectivity index (χ1v) is 7.19. The van der Waals surface area contributed by atoms with E-state index in [0.717, 1.165) is 27.9 Å². The molecule has 0 atom stereocenters. The second-order valence-electron chi connectivity index (χ2n) is 4.89. The highest BCUT2D eigenvalue weighted by Gasteiger charge is 2.11. The molecule has 19 heavy (non-hydrogen) atoms. The lowest BCUT2D eigenvalue weighted by Crippen LogP contribution is -2.07. The van der Waals surface area contributed by atoms with Crippen molar-refractivity contribution < 1.29 is 0 Å². The van der Waals surface area contributed by atoms with Crippen molar-refractivity contribution in [1.82, 2.24) is 14.6 Å². The topological polar surface area (TPSA) is 42.2 Å². The molecule has 3 aromatic rings.